The van der Waals surface area contributed by atoms with E-state index in [1.807, 2.05) is 12.2 Å². The number of nitro benzene ring substituents is 1. The van der Waals surface area contributed by atoms with E-state index < -0.39 is 41.1 Å². The van der Waals surface area contributed by atoms with Crippen LogP contribution in [0, 0.1) is 22.0 Å². The fourth-order valence-corrected chi connectivity index (χ4v) is 4.77. The lowest BCUT2D eigenvalue weighted by molar-refractivity contribution is -0.384. The molecule has 11 heteroatoms. The highest BCUT2D eigenvalue weighted by atomic mass is 16.6. The number of para-hydroxylation sites is 1. The van der Waals surface area contributed by atoms with Gasteiger partial charge < -0.3 is 9.47 Å². The summed E-state index contributed by atoms with van der Waals surface area (Å²) < 4.78 is 10.5. The molecule has 1 saturated heterocycles. The second-order valence-corrected chi connectivity index (χ2v) is 9.40. The van der Waals surface area contributed by atoms with E-state index in [2.05, 4.69) is 0 Å². The van der Waals surface area contributed by atoms with E-state index in [4.69, 9.17) is 9.47 Å². The molecule has 11 nitrogen and oxygen atoms in total. The smallest absolute Gasteiger partial charge is 0.343 e. The van der Waals surface area contributed by atoms with Crippen LogP contribution in [0.2, 0.25) is 0 Å². The normalized spacial score (nSPS) is 17.6. The van der Waals surface area contributed by atoms with Crippen LogP contribution in [0.25, 0.3) is 0 Å². The number of esters is 2. The molecule has 2 unspecified atom stereocenters. The predicted octanol–water partition coefficient (Wildman–Crippen LogP) is 4.31. The zero-order valence-corrected chi connectivity index (χ0v) is 21.4. The van der Waals surface area contributed by atoms with Gasteiger partial charge in [0.2, 0.25) is 11.8 Å². The van der Waals surface area contributed by atoms with Crippen molar-refractivity contribution < 1.29 is 38.4 Å². The number of nitrogens with zero attached hydrogens (tertiary/aromatic N) is 2. The first-order valence-corrected chi connectivity index (χ1v) is 12.6. The minimum atomic E-state index is -0.865. The Hall–Kier alpha value is -5.45. The molecule has 206 valence electrons. The molecule has 3 aromatic carbocycles. The molecule has 2 atom stereocenters. The Labute approximate surface area is 233 Å². The van der Waals surface area contributed by atoms with E-state index in [1.165, 1.54) is 60.7 Å². The first kappa shape index (κ1) is 27.1. The van der Waals surface area contributed by atoms with Gasteiger partial charge in [-0.1, -0.05) is 24.3 Å². The van der Waals surface area contributed by atoms with E-state index in [1.54, 1.807) is 12.1 Å². The third kappa shape index (κ3) is 5.50. The predicted molar refractivity (Wildman–Crippen MR) is 143 cm³/mol. The van der Waals surface area contributed by atoms with Crippen molar-refractivity contribution in [2.45, 2.75) is 12.8 Å². The Morgan fingerprint density at radius 3 is 2.00 bits per heavy atom. The average Bonchev–Trinajstić information content (AvgIpc) is 3.25. The molecule has 0 saturated carbocycles. The molecule has 2 aliphatic rings. The molecule has 41 heavy (non-hydrogen) atoms. The topological polar surface area (TPSA) is 150 Å². The minimum absolute atomic E-state index is 0.0119. The standard InChI is InChI=1S/C30H22N2O9/c33-26(18-11-15-21(16-12-18)41-29(36)19-9-13-20(14-10-19)32(38)39)17-40-30(37)24-7-3-4-8-25(24)31-27(34)22-5-1-2-6-23(22)28(31)35/h1-4,7-16,22-23H,5-6,17H2. The number of rotatable bonds is 8. The maximum Gasteiger partial charge on any atom is 0.343 e. The highest BCUT2D eigenvalue weighted by molar-refractivity contribution is 6.24. The number of carbonyl (C=O) groups is 5. The zero-order chi connectivity index (χ0) is 29.1. The van der Waals surface area contributed by atoms with Gasteiger partial charge in [-0.3, -0.25) is 24.5 Å². The molecule has 1 fully saturated rings. The third-order valence-electron chi connectivity index (χ3n) is 6.91. The lowest BCUT2D eigenvalue weighted by Crippen LogP contribution is -2.32. The van der Waals surface area contributed by atoms with Crippen LogP contribution in [-0.2, 0) is 14.3 Å². The molecule has 3 aromatic rings. The fraction of sp³-hybridized carbons (Fsp3) is 0.167. The number of Topliss-reactive ketones (excluding diaryl/α,β-unsaturated/α-hetero) is 1. The van der Waals surface area contributed by atoms with Gasteiger partial charge in [-0.25, -0.2) is 14.5 Å². The molecule has 5 rings (SSSR count). The Bertz CT molecular complexity index is 1570. The molecule has 1 aliphatic carbocycles. The maximum absolute atomic E-state index is 13.0. The summed E-state index contributed by atoms with van der Waals surface area (Å²) in [6.45, 7) is -0.605. The van der Waals surface area contributed by atoms with Gasteiger partial charge in [-0.15, -0.1) is 0 Å². The number of hydrogen-bond donors (Lipinski definition) is 0. The van der Waals surface area contributed by atoms with Crippen molar-refractivity contribution in [3.8, 4) is 5.75 Å². The molecule has 0 spiro atoms. The number of carbonyl (C=O) groups excluding carboxylic acids is 5. The van der Waals surface area contributed by atoms with E-state index in [9.17, 15) is 34.1 Å². The van der Waals surface area contributed by atoms with Crippen molar-refractivity contribution >= 4 is 40.9 Å². The van der Waals surface area contributed by atoms with Crippen LogP contribution in [0.15, 0.2) is 84.9 Å². The second kappa shape index (κ2) is 11.3. The average molecular weight is 555 g/mol. The number of imide groups is 1. The summed E-state index contributed by atoms with van der Waals surface area (Å²) >= 11 is 0. The summed E-state index contributed by atoms with van der Waals surface area (Å²) in [5, 5.41) is 10.8. The summed E-state index contributed by atoms with van der Waals surface area (Å²) in [4.78, 5) is 75.1. The number of amides is 2. The third-order valence-corrected chi connectivity index (χ3v) is 6.91. The fourth-order valence-electron chi connectivity index (χ4n) is 4.77. The number of nitro groups is 1. The first-order chi connectivity index (χ1) is 19.7. The number of ketones is 1. The van der Waals surface area contributed by atoms with Gasteiger partial charge in [0.15, 0.2) is 12.4 Å². The first-order valence-electron chi connectivity index (χ1n) is 12.6. The Morgan fingerprint density at radius 2 is 1.39 bits per heavy atom. The van der Waals surface area contributed by atoms with Gasteiger partial charge in [0, 0.05) is 17.7 Å². The molecule has 0 radical (unpaired) electrons. The van der Waals surface area contributed by atoms with Crippen molar-refractivity contribution in [3.63, 3.8) is 0 Å². The molecule has 2 amide bonds. The quantitative estimate of drug-likeness (QED) is 0.0755. The summed E-state index contributed by atoms with van der Waals surface area (Å²) in [5.41, 5.74) is 0.232. The molecule has 0 aromatic heterocycles. The zero-order valence-electron chi connectivity index (χ0n) is 21.4. The van der Waals surface area contributed by atoms with Gasteiger partial charge >= 0.3 is 11.9 Å². The lowest BCUT2D eigenvalue weighted by Gasteiger charge is -2.18. The van der Waals surface area contributed by atoms with E-state index in [-0.39, 0.29) is 45.6 Å². The van der Waals surface area contributed by atoms with Gasteiger partial charge in [-0.05, 0) is 61.4 Å². The van der Waals surface area contributed by atoms with Crippen LogP contribution in [0.4, 0.5) is 11.4 Å². The summed E-state index contributed by atoms with van der Waals surface area (Å²) in [7, 11) is 0. The van der Waals surface area contributed by atoms with E-state index >= 15 is 0 Å². The van der Waals surface area contributed by atoms with E-state index in [0.29, 0.717) is 12.8 Å². The summed E-state index contributed by atoms with van der Waals surface area (Å²) in [5.74, 6) is -3.66. The van der Waals surface area contributed by atoms with Gasteiger partial charge in [0.1, 0.15) is 5.75 Å². The highest BCUT2D eigenvalue weighted by Gasteiger charge is 2.48. The molecular weight excluding hydrogens is 532 g/mol. The van der Waals surface area contributed by atoms with Crippen molar-refractivity contribution in [2.75, 3.05) is 11.5 Å². The van der Waals surface area contributed by atoms with Crippen LogP contribution in [0.3, 0.4) is 0 Å². The maximum atomic E-state index is 13.0. The van der Waals surface area contributed by atoms with Gasteiger partial charge in [0.05, 0.1) is 33.6 Å². The van der Waals surface area contributed by atoms with Crippen LogP contribution >= 0.6 is 0 Å². The van der Waals surface area contributed by atoms with Crippen LogP contribution < -0.4 is 9.64 Å². The van der Waals surface area contributed by atoms with Crippen molar-refractivity contribution in [1.29, 1.82) is 0 Å². The van der Waals surface area contributed by atoms with Crippen molar-refractivity contribution in [3.05, 3.63) is 112 Å². The summed E-state index contributed by atoms with van der Waals surface area (Å²) in [6, 6.07) is 16.5. The summed E-state index contributed by atoms with van der Waals surface area (Å²) in [6.07, 6.45) is 4.66. The van der Waals surface area contributed by atoms with Crippen molar-refractivity contribution in [1.82, 2.24) is 0 Å². The molecule has 0 bridgehead atoms. The van der Waals surface area contributed by atoms with Crippen LogP contribution in [0.5, 0.6) is 5.75 Å². The van der Waals surface area contributed by atoms with Crippen LogP contribution in [0.1, 0.15) is 43.9 Å². The van der Waals surface area contributed by atoms with Crippen LogP contribution in [-0.4, -0.2) is 41.1 Å². The number of non-ortho nitro benzene ring substituents is 1. The highest BCUT2D eigenvalue weighted by Crippen LogP contribution is 2.38. The number of hydrogen-bond acceptors (Lipinski definition) is 9. The molecular formula is C30H22N2O9. The molecule has 1 heterocycles. The Kier molecular flexibility index (Phi) is 7.51. The van der Waals surface area contributed by atoms with Gasteiger partial charge in [0.25, 0.3) is 5.69 Å². The second-order valence-electron chi connectivity index (χ2n) is 9.40. The number of fused-ring (bicyclic) bond motifs is 1. The van der Waals surface area contributed by atoms with Crippen molar-refractivity contribution in [2.24, 2.45) is 11.8 Å². The number of allylic oxidation sites excluding steroid dienone is 2. The Balaban J connectivity index is 1.21. The molecule has 0 N–H and O–H groups in total. The SMILES string of the molecule is O=C(COC(=O)c1ccccc1N1C(=O)C2CC=CCC2C1=O)c1ccc(OC(=O)c2ccc([N+](=O)[O-])cc2)cc1. The number of benzene rings is 3. The van der Waals surface area contributed by atoms with E-state index in [0.717, 1.165) is 4.90 Å². The largest absolute Gasteiger partial charge is 0.454 e. The lowest BCUT2D eigenvalue weighted by atomic mass is 9.85. The Morgan fingerprint density at radius 1 is 0.805 bits per heavy atom. The monoisotopic (exact) mass is 554 g/mol. The van der Waals surface area contributed by atoms with Gasteiger partial charge in [-0.2, -0.15) is 0 Å². The number of anilines is 1. The number of ether oxygens (including phenoxy) is 2. The minimum Gasteiger partial charge on any atom is -0.454 e. The molecule has 1 aliphatic heterocycles.